The quantitative estimate of drug-likeness (QED) is 0.815. The van der Waals surface area contributed by atoms with E-state index in [2.05, 4.69) is 5.32 Å². The van der Waals surface area contributed by atoms with Gasteiger partial charge in [0.1, 0.15) is 5.69 Å². The van der Waals surface area contributed by atoms with Crippen molar-refractivity contribution in [2.45, 2.75) is 30.7 Å². The Balaban J connectivity index is 1.91. The lowest BCUT2D eigenvalue weighted by Crippen LogP contribution is -2.34. The van der Waals surface area contributed by atoms with Gasteiger partial charge in [-0.3, -0.25) is 9.59 Å². The molecular weight excluding hydrogens is 332 g/mol. The fourth-order valence-electron chi connectivity index (χ4n) is 2.96. The summed E-state index contributed by atoms with van der Waals surface area (Å²) in [6.07, 6.45) is 1.69. The molecule has 1 N–H and O–H groups in total. The van der Waals surface area contributed by atoms with E-state index in [1.54, 1.807) is 12.1 Å². The van der Waals surface area contributed by atoms with E-state index in [9.17, 15) is 18.0 Å². The third-order valence-electron chi connectivity index (χ3n) is 4.27. The Morgan fingerprint density at radius 1 is 1.25 bits per heavy atom. The lowest BCUT2D eigenvalue weighted by atomic mass is 10.2. The van der Waals surface area contributed by atoms with Crippen LogP contribution >= 0.6 is 0 Å². The van der Waals surface area contributed by atoms with Gasteiger partial charge in [0, 0.05) is 18.3 Å². The first-order valence-corrected chi connectivity index (χ1v) is 9.06. The van der Waals surface area contributed by atoms with Crippen LogP contribution in [0.4, 0.5) is 11.4 Å². The maximum absolute atomic E-state index is 12.7. The van der Waals surface area contributed by atoms with Crippen LogP contribution in [0.1, 0.15) is 19.8 Å². The van der Waals surface area contributed by atoms with Crippen molar-refractivity contribution in [3.8, 4) is 5.75 Å². The van der Waals surface area contributed by atoms with Gasteiger partial charge in [-0.15, -0.1) is 0 Å². The highest BCUT2D eigenvalue weighted by atomic mass is 32.2. The van der Waals surface area contributed by atoms with Crippen LogP contribution in [-0.4, -0.2) is 32.4 Å². The van der Waals surface area contributed by atoms with Crippen molar-refractivity contribution in [3.05, 3.63) is 44.7 Å². The molecule has 1 saturated heterocycles. The van der Waals surface area contributed by atoms with Gasteiger partial charge in [0.25, 0.3) is 10.9 Å². The third kappa shape index (κ3) is 2.61. The van der Waals surface area contributed by atoms with Crippen LogP contribution in [0.2, 0.25) is 0 Å². The monoisotopic (exact) mass is 350 g/mol. The van der Waals surface area contributed by atoms with Gasteiger partial charge in [0.2, 0.25) is 10.0 Å². The number of rotatable bonds is 5. The number of nitrogens with one attached hydrogen (secondary N) is 1. The van der Waals surface area contributed by atoms with Crippen molar-refractivity contribution in [1.29, 1.82) is 0 Å². The van der Waals surface area contributed by atoms with E-state index in [1.165, 1.54) is 23.5 Å². The minimum atomic E-state index is -3.58. The van der Waals surface area contributed by atoms with Crippen molar-refractivity contribution in [2.75, 3.05) is 19.0 Å². The fraction of sp³-hybridized carbons (Fsp3) is 0.375. The van der Waals surface area contributed by atoms with Gasteiger partial charge in [0.05, 0.1) is 12.0 Å². The van der Waals surface area contributed by atoms with Crippen LogP contribution in [-0.2, 0) is 10.0 Å². The molecule has 128 valence electrons. The zero-order valence-electron chi connectivity index (χ0n) is 13.4. The standard InChI is InChI=1S/C16H18N2O5S/c1-10-5-4-8-18(10)24(21,22)12-7-3-6-11(9-12)17-13-14(19)15(20)16(13)23-2/h3,6-7,9-10,17H,4-5,8H2,1-2H3/t10-/m0/s1. The number of ether oxygens (including phenoxy) is 1. The number of methoxy groups -OCH3 is 1. The van der Waals surface area contributed by atoms with Crippen LogP contribution in [0.5, 0.6) is 5.75 Å². The zero-order chi connectivity index (χ0) is 17.5. The second-order valence-electron chi connectivity index (χ2n) is 5.83. The molecule has 0 aromatic heterocycles. The first kappa shape index (κ1) is 16.7. The molecule has 1 heterocycles. The predicted octanol–water partition coefficient (Wildman–Crippen LogP) is 1.21. The van der Waals surface area contributed by atoms with E-state index in [0.717, 1.165) is 12.8 Å². The van der Waals surface area contributed by atoms with E-state index in [4.69, 9.17) is 4.74 Å². The number of anilines is 2. The van der Waals surface area contributed by atoms with E-state index in [-0.39, 0.29) is 22.4 Å². The summed E-state index contributed by atoms with van der Waals surface area (Å²) in [5.41, 5.74) is -0.900. The van der Waals surface area contributed by atoms with E-state index >= 15 is 0 Å². The van der Waals surface area contributed by atoms with Gasteiger partial charge in [-0.1, -0.05) is 6.07 Å². The molecule has 1 aliphatic rings. The molecule has 2 aromatic rings. The van der Waals surface area contributed by atoms with Crippen LogP contribution in [0, 0.1) is 0 Å². The average Bonchev–Trinajstić information content (AvgIpc) is 3.01. The predicted molar refractivity (Wildman–Crippen MR) is 90.2 cm³/mol. The molecular formula is C16H18N2O5S. The maximum atomic E-state index is 12.7. The van der Waals surface area contributed by atoms with Crippen LogP contribution in [0.15, 0.2) is 38.8 Å². The number of sulfonamides is 1. The van der Waals surface area contributed by atoms with Gasteiger partial charge in [-0.2, -0.15) is 4.31 Å². The summed E-state index contributed by atoms with van der Waals surface area (Å²) >= 11 is 0. The molecule has 0 bridgehead atoms. The summed E-state index contributed by atoms with van der Waals surface area (Å²) < 4.78 is 31.8. The Morgan fingerprint density at radius 3 is 2.62 bits per heavy atom. The molecule has 3 rings (SSSR count). The summed E-state index contributed by atoms with van der Waals surface area (Å²) in [7, 11) is -2.28. The Kier molecular flexibility index (Phi) is 4.18. The Hall–Kier alpha value is -2.19. The summed E-state index contributed by atoms with van der Waals surface area (Å²) in [6.45, 7) is 2.40. The highest BCUT2D eigenvalue weighted by Crippen LogP contribution is 2.28. The van der Waals surface area contributed by atoms with Crippen LogP contribution in [0.3, 0.4) is 0 Å². The number of hydrogen-bond donors (Lipinski definition) is 1. The Bertz CT molecular complexity index is 944. The van der Waals surface area contributed by atoms with E-state index < -0.39 is 20.9 Å². The Labute approximate surface area is 139 Å². The molecule has 0 aliphatic carbocycles. The van der Waals surface area contributed by atoms with Crippen LogP contribution in [0.25, 0.3) is 0 Å². The first-order valence-electron chi connectivity index (χ1n) is 7.62. The van der Waals surface area contributed by atoms with Gasteiger partial charge in [-0.05, 0) is 38.0 Å². The minimum absolute atomic E-state index is 0.0275. The second kappa shape index (κ2) is 6.03. The molecule has 24 heavy (non-hydrogen) atoms. The molecule has 1 fully saturated rings. The summed E-state index contributed by atoms with van der Waals surface area (Å²) in [5, 5.41) is 2.78. The van der Waals surface area contributed by atoms with E-state index in [1.807, 2.05) is 6.92 Å². The maximum Gasteiger partial charge on any atom is 0.272 e. The van der Waals surface area contributed by atoms with Gasteiger partial charge < -0.3 is 10.1 Å². The molecule has 7 nitrogen and oxygen atoms in total. The number of benzene rings is 1. The van der Waals surface area contributed by atoms with Crippen molar-refractivity contribution in [2.24, 2.45) is 0 Å². The lowest BCUT2D eigenvalue weighted by Gasteiger charge is -2.21. The third-order valence-corrected chi connectivity index (χ3v) is 6.28. The van der Waals surface area contributed by atoms with Crippen LogP contribution < -0.4 is 20.9 Å². The highest BCUT2D eigenvalue weighted by Gasteiger charge is 2.32. The summed E-state index contributed by atoms with van der Waals surface area (Å²) in [4.78, 5) is 23.1. The molecule has 0 amide bonds. The minimum Gasteiger partial charge on any atom is -0.491 e. The van der Waals surface area contributed by atoms with Crippen molar-refractivity contribution < 1.29 is 13.2 Å². The van der Waals surface area contributed by atoms with Crippen molar-refractivity contribution >= 4 is 21.4 Å². The topological polar surface area (TPSA) is 92.8 Å². The second-order valence-corrected chi connectivity index (χ2v) is 7.72. The Morgan fingerprint density at radius 2 is 2.00 bits per heavy atom. The molecule has 0 saturated carbocycles. The first-order chi connectivity index (χ1) is 11.4. The molecule has 0 unspecified atom stereocenters. The molecule has 1 aliphatic heterocycles. The SMILES string of the molecule is COc1c(Nc2cccc(S(=O)(=O)N3CCC[C@@H]3C)c2)c(=O)c1=O. The van der Waals surface area contributed by atoms with Gasteiger partial charge >= 0.3 is 0 Å². The lowest BCUT2D eigenvalue weighted by molar-refractivity contribution is 0.408. The zero-order valence-corrected chi connectivity index (χ0v) is 14.2. The summed E-state index contributed by atoms with van der Waals surface area (Å²) in [6, 6.07) is 6.17. The summed E-state index contributed by atoms with van der Waals surface area (Å²) in [5.74, 6) is -0.0403. The normalized spacial score (nSPS) is 18.8. The van der Waals surface area contributed by atoms with Crippen molar-refractivity contribution in [1.82, 2.24) is 4.31 Å². The van der Waals surface area contributed by atoms with E-state index in [0.29, 0.717) is 12.2 Å². The molecule has 0 spiro atoms. The van der Waals surface area contributed by atoms with Gasteiger partial charge in [0.15, 0.2) is 5.75 Å². The number of hydrogen-bond acceptors (Lipinski definition) is 6. The average molecular weight is 350 g/mol. The molecule has 2 aromatic carbocycles. The molecule has 1 atom stereocenters. The molecule has 0 radical (unpaired) electrons. The van der Waals surface area contributed by atoms with Crippen molar-refractivity contribution in [3.63, 3.8) is 0 Å². The van der Waals surface area contributed by atoms with Gasteiger partial charge in [-0.25, -0.2) is 8.42 Å². The highest BCUT2D eigenvalue weighted by molar-refractivity contribution is 7.89. The fourth-order valence-corrected chi connectivity index (χ4v) is 4.70. The number of nitrogens with zero attached hydrogens (tertiary/aromatic N) is 1. The largest absolute Gasteiger partial charge is 0.491 e. The smallest absolute Gasteiger partial charge is 0.272 e. The molecule has 8 heteroatoms.